The highest BCUT2D eigenvalue weighted by molar-refractivity contribution is 6.32. The number of alkyl halides is 3. The lowest BCUT2D eigenvalue weighted by Gasteiger charge is -2.11. The van der Waals surface area contributed by atoms with Crippen molar-refractivity contribution in [3.8, 4) is 5.75 Å². The summed E-state index contributed by atoms with van der Waals surface area (Å²) in [5, 5.41) is 11.1. The average molecular weight is 511 g/mol. The van der Waals surface area contributed by atoms with Crippen LogP contribution in [0.1, 0.15) is 43.1 Å². The first-order chi connectivity index (χ1) is 17.5. The molecule has 10 heteroatoms. The first kappa shape index (κ1) is 26.9. The van der Waals surface area contributed by atoms with Crippen molar-refractivity contribution in [2.75, 3.05) is 6.54 Å². The normalized spacial score (nSPS) is 11.5. The van der Waals surface area contributed by atoms with Gasteiger partial charge >= 0.3 is 12.3 Å². The number of allylic oxidation sites excluding steroid dienone is 2. The summed E-state index contributed by atoms with van der Waals surface area (Å²) in [5.74, 6) is -3.18. The van der Waals surface area contributed by atoms with E-state index in [4.69, 9.17) is 5.11 Å². The van der Waals surface area contributed by atoms with Gasteiger partial charge in [-0.3, -0.25) is 19.2 Å². The molecule has 0 radical (unpaired) electrons. The molecule has 0 fully saturated rings. The minimum atomic E-state index is -4.89. The van der Waals surface area contributed by atoms with Crippen LogP contribution in [-0.4, -0.2) is 41.5 Å². The fraction of sp³-hybridized carbons (Fsp3) is 0.111. The molecule has 0 aromatic heterocycles. The number of ether oxygens (including phenoxy) is 1. The highest BCUT2D eigenvalue weighted by Gasteiger charge is 2.31. The van der Waals surface area contributed by atoms with Gasteiger partial charge in [-0.1, -0.05) is 54.6 Å². The van der Waals surface area contributed by atoms with Gasteiger partial charge in [0.2, 0.25) is 0 Å². The minimum absolute atomic E-state index is 0.0720. The minimum Gasteiger partial charge on any atom is -0.481 e. The Morgan fingerprint density at radius 1 is 0.784 bits per heavy atom. The van der Waals surface area contributed by atoms with Gasteiger partial charge in [-0.05, 0) is 35.9 Å². The van der Waals surface area contributed by atoms with Crippen LogP contribution in [0.2, 0.25) is 0 Å². The zero-order valence-electron chi connectivity index (χ0n) is 19.1. The molecule has 0 heterocycles. The first-order valence-corrected chi connectivity index (χ1v) is 10.9. The molecule has 3 aromatic rings. The van der Waals surface area contributed by atoms with Crippen LogP contribution in [0, 0.1) is 0 Å². The van der Waals surface area contributed by atoms with Gasteiger partial charge in [0.1, 0.15) is 5.75 Å². The summed E-state index contributed by atoms with van der Waals surface area (Å²) in [7, 11) is 0. The first-order valence-electron chi connectivity index (χ1n) is 10.9. The third-order valence-electron chi connectivity index (χ3n) is 5.01. The number of benzene rings is 3. The summed E-state index contributed by atoms with van der Waals surface area (Å²) in [5.41, 5.74) is 0.704. The van der Waals surface area contributed by atoms with Crippen molar-refractivity contribution in [3.63, 3.8) is 0 Å². The number of carboxylic acid groups (broad SMARTS) is 1. The van der Waals surface area contributed by atoms with E-state index in [0.29, 0.717) is 5.56 Å². The van der Waals surface area contributed by atoms with Crippen LogP contribution in [0.3, 0.4) is 0 Å². The van der Waals surface area contributed by atoms with E-state index in [1.165, 1.54) is 36.4 Å². The number of carboxylic acids is 1. The zero-order valence-corrected chi connectivity index (χ0v) is 19.1. The van der Waals surface area contributed by atoms with Crippen molar-refractivity contribution in [2.45, 2.75) is 12.8 Å². The summed E-state index contributed by atoms with van der Waals surface area (Å²) in [4.78, 5) is 48.9. The smallest absolute Gasteiger partial charge is 0.481 e. The second-order valence-corrected chi connectivity index (χ2v) is 7.67. The Bertz CT molecular complexity index is 1320. The summed E-state index contributed by atoms with van der Waals surface area (Å²) in [6.45, 7) is -0.0720. The number of halogens is 3. The highest BCUT2D eigenvalue weighted by atomic mass is 19.4. The van der Waals surface area contributed by atoms with Gasteiger partial charge in [0.05, 0.1) is 6.42 Å². The Labute approximate surface area is 209 Å². The van der Waals surface area contributed by atoms with E-state index in [2.05, 4.69) is 10.1 Å². The average Bonchev–Trinajstić information content (AvgIpc) is 2.87. The molecule has 0 bridgehead atoms. The molecule has 0 unspecified atom stereocenters. The number of aliphatic carboxylic acids is 1. The van der Waals surface area contributed by atoms with E-state index < -0.39 is 35.6 Å². The maximum atomic E-state index is 13.4. The molecule has 0 spiro atoms. The van der Waals surface area contributed by atoms with Gasteiger partial charge in [-0.2, -0.15) is 0 Å². The molecule has 0 saturated carbocycles. The zero-order chi connectivity index (χ0) is 27.0. The van der Waals surface area contributed by atoms with Crippen LogP contribution in [0.15, 0.2) is 84.9 Å². The topological polar surface area (TPSA) is 110 Å². The number of hydrogen-bond donors (Lipinski definition) is 2. The summed E-state index contributed by atoms with van der Waals surface area (Å²) in [6.07, 6.45) is -4.04. The molecule has 0 saturated heterocycles. The molecule has 190 valence electrons. The second kappa shape index (κ2) is 11.8. The number of carbonyl (C=O) groups excluding carboxylic acids is 3. The van der Waals surface area contributed by atoms with Crippen LogP contribution < -0.4 is 10.1 Å². The fourth-order valence-electron chi connectivity index (χ4n) is 3.25. The molecule has 0 aliphatic heterocycles. The number of carbonyl (C=O) groups is 4. The molecule has 37 heavy (non-hydrogen) atoms. The molecule has 0 atom stereocenters. The lowest BCUT2D eigenvalue weighted by atomic mass is 9.94. The molecule has 1 amide bonds. The van der Waals surface area contributed by atoms with Crippen molar-refractivity contribution < 1.29 is 42.2 Å². The molecule has 3 rings (SSSR count). The number of hydrogen-bond acceptors (Lipinski definition) is 5. The Balaban J connectivity index is 1.90. The van der Waals surface area contributed by atoms with Gasteiger partial charge in [0, 0.05) is 28.8 Å². The quantitative estimate of drug-likeness (QED) is 0.295. The Hall–Kier alpha value is -4.73. The summed E-state index contributed by atoms with van der Waals surface area (Å²) < 4.78 is 41.4. The summed E-state index contributed by atoms with van der Waals surface area (Å²) in [6, 6.07) is 18.1. The van der Waals surface area contributed by atoms with Crippen LogP contribution in [-0.2, 0) is 4.79 Å². The second-order valence-electron chi connectivity index (χ2n) is 7.67. The van der Waals surface area contributed by atoms with Crippen LogP contribution >= 0.6 is 0 Å². The van der Waals surface area contributed by atoms with Crippen molar-refractivity contribution in [2.24, 2.45) is 0 Å². The lowest BCUT2D eigenvalue weighted by Crippen LogP contribution is -2.26. The predicted molar refractivity (Wildman–Crippen MR) is 127 cm³/mol. The fourth-order valence-corrected chi connectivity index (χ4v) is 3.25. The molecular formula is C27H20F3NO6. The van der Waals surface area contributed by atoms with Gasteiger partial charge in [-0.25, -0.2) is 0 Å². The molecule has 2 N–H and O–H groups in total. The van der Waals surface area contributed by atoms with E-state index in [0.717, 1.165) is 18.2 Å². The molecule has 0 aliphatic carbocycles. The van der Waals surface area contributed by atoms with Gasteiger partial charge in [-0.15, -0.1) is 13.2 Å². The number of nitrogens with one attached hydrogen (secondary N) is 1. The van der Waals surface area contributed by atoms with Crippen molar-refractivity contribution in [1.82, 2.24) is 5.32 Å². The van der Waals surface area contributed by atoms with E-state index in [1.807, 2.05) is 0 Å². The van der Waals surface area contributed by atoms with E-state index in [1.54, 1.807) is 30.3 Å². The van der Waals surface area contributed by atoms with E-state index >= 15 is 0 Å². The van der Waals surface area contributed by atoms with Crippen molar-refractivity contribution in [3.05, 3.63) is 107 Å². The summed E-state index contributed by atoms with van der Waals surface area (Å²) >= 11 is 0. The van der Waals surface area contributed by atoms with Crippen LogP contribution in [0.25, 0.3) is 5.57 Å². The van der Waals surface area contributed by atoms with Crippen LogP contribution in [0.4, 0.5) is 13.2 Å². The van der Waals surface area contributed by atoms with E-state index in [9.17, 15) is 32.3 Å². The SMILES string of the molecule is O=C(O)CCNC(=O)c1ccc(C(=O)/C(=C/C(=O)c2ccccc2)c2ccc(OC(F)(F)F)cc2)cc1. The maximum Gasteiger partial charge on any atom is 0.573 e. The molecular weight excluding hydrogens is 491 g/mol. The third-order valence-corrected chi connectivity index (χ3v) is 5.01. The van der Waals surface area contributed by atoms with Crippen molar-refractivity contribution in [1.29, 1.82) is 0 Å². The van der Waals surface area contributed by atoms with E-state index in [-0.39, 0.29) is 35.2 Å². The lowest BCUT2D eigenvalue weighted by molar-refractivity contribution is -0.274. The Morgan fingerprint density at radius 3 is 1.92 bits per heavy atom. The predicted octanol–water partition coefficient (Wildman–Crippen LogP) is 4.94. The number of rotatable bonds is 10. The Morgan fingerprint density at radius 2 is 1.35 bits per heavy atom. The number of Topliss-reactive ketones (excluding diaryl/α,β-unsaturated/α-hetero) is 1. The molecule has 3 aromatic carbocycles. The molecule has 7 nitrogen and oxygen atoms in total. The number of amides is 1. The van der Waals surface area contributed by atoms with Gasteiger partial charge in [0.25, 0.3) is 5.91 Å². The number of ketones is 2. The van der Waals surface area contributed by atoms with Gasteiger partial charge in [0.15, 0.2) is 11.6 Å². The highest BCUT2D eigenvalue weighted by Crippen LogP contribution is 2.27. The third kappa shape index (κ3) is 7.89. The largest absolute Gasteiger partial charge is 0.573 e. The molecule has 0 aliphatic rings. The maximum absolute atomic E-state index is 13.4. The van der Waals surface area contributed by atoms with Crippen molar-refractivity contribution >= 4 is 29.0 Å². The monoisotopic (exact) mass is 511 g/mol. The van der Waals surface area contributed by atoms with Crippen LogP contribution in [0.5, 0.6) is 5.75 Å². The van der Waals surface area contributed by atoms with Gasteiger partial charge < -0.3 is 15.2 Å². The Kier molecular flexibility index (Phi) is 8.57. The standard InChI is InChI=1S/C27H20F3NO6/c28-27(29,30)37-21-12-10-17(11-13-21)22(16-23(32)18-4-2-1-3-5-18)25(35)19-6-8-20(9-7-19)26(36)31-15-14-24(33)34/h1-13,16H,14-15H2,(H,31,36)(H,33,34)/b22-16+.